The summed E-state index contributed by atoms with van der Waals surface area (Å²) < 4.78 is 19.4. The Kier molecular flexibility index (Phi) is 3.93. The fourth-order valence-corrected chi connectivity index (χ4v) is 3.01. The molecule has 2 aromatic heterocycles. The van der Waals surface area contributed by atoms with E-state index in [0.717, 1.165) is 6.07 Å². The maximum atomic E-state index is 14.3. The maximum Gasteiger partial charge on any atom is 0.296 e. The first kappa shape index (κ1) is 16.3. The van der Waals surface area contributed by atoms with Gasteiger partial charge in [-0.05, 0) is 25.2 Å². The molecule has 0 radical (unpaired) electrons. The smallest absolute Gasteiger partial charge is 0.296 e. The van der Waals surface area contributed by atoms with E-state index in [4.69, 9.17) is 4.52 Å². The second-order valence-corrected chi connectivity index (χ2v) is 6.28. The molecule has 0 fully saturated rings. The van der Waals surface area contributed by atoms with Gasteiger partial charge >= 0.3 is 0 Å². The van der Waals surface area contributed by atoms with Crippen LogP contribution in [0.1, 0.15) is 25.2 Å². The van der Waals surface area contributed by atoms with Crippen molar-refractivity contribution >= 4 is 14.5 Å². The molecular formula is C15H14FN4O3P. The van der Waals surface area contributed by atoms with Gasteiger partial charge in [-0.15, -0.1) is 9.24 Å². The number of aromatic nitrogens is 4. The van der Waals surface area contributed by atoms with E-state index >= 15 is 0 Å². The molecule has 0 saturated carbocycles. The number of nitrogens with zero attached hydrogens (tertiary/aromatic N) is 4. The van der Waals surface area contributed by atoms with Crippen LogP contribution in [-0.4, -0.2) is 30.3 Å². The Labute approximate surface area is 138 Å². The minimum atomic E-state index is -0.886. The number of hydrogen-bond acceptors (Lipinski definition) is 7. The SMILES string of the molecule is CC(C)(c1noc(-c2nc(O)cc(O)n2)n1)c1c(F)cccc1P. The van der Waals surface area contributed by atoms with Crippen LogP contribution in [0.4, 0.5) is 4.39 Å². The summed E-state index contributed by atoms with van der Waals surface area (Å²) in [5, 5.41) is 23.4. The molecule has 1 atom stereocenters. The Balaban J connectivity index is 2.06. The topological polar surface area (TPSA) is 105 Å². The molecule has 2 N–H and O–H groups in total. The predicted molar refractivity (Wildman–Crippen MR) is 86.5 cm³/mol. The van der Waals surface area contributed by atoms with E-state index in [2.05, 4.69) is 29.3 Å². The van der Waals surface area contributed by atoms with Gasteiger partial charge in [-0.2, -0.15) is 15.0 Å². The number of rotatable bonds is 3. The summed E-state index contributed by atoms with van der Waals surface area (Å²) in [6, 6.07) is 5.72. The van der Waals surface area contributed by atoms with Crippen LogP contribution < -0.4 is 5.30 Å². The van der Waals surface area contributed by atoms with Gasteiger partial charge in [-0.25, -0.2) is 4.39 Å². The van der Waals surface area contributed by atoms with Gasteiger partial charge in [0, 0.05) is 5.56 Å². The highest BCUT2D eigenvalue weighted by atomic mass is 31.0. The lowest BCUT2D eigenvalue weighted by Gasteiger charge is -2.23. The molecule has 0 aliphatic heterocycles. The van der Waals surface area contributed by atoms with Gasteiger partial charge < -0.3 is 14.7 Å². The first-order valence-electron chi connectivity index (χ1n) is 6.95. The van der Waals surface area contributed by atoms with Crippen molar-refractivity contribution in [3.8, 4) is 23.5 Å². The van der Waals surface area contributed by atoms with Gasteiger partial charge in [-0.1, -0.05) is 17.3 Å². The highest BCUT2D eigenvalue weighted by Crippen LogP contribution is 2.32. The molecule has 0 aliphatic carbocycles. The minimum absolute atomic E-state index is 0.0917. The van der Waals surface area contributed by atoms with Crippen LogP contribution in [0.15, 0.2) is 28.8 Å². The number of benzene rings is 1. The van der Waals surface area contributed by atoms with Gasteiger partial charge in [-0.3, -0.25) is 0 Å². The van der Waals surface area contributed by atoms with Crippen molar-refractivity contribution in [3.05, 3.63) is 41.5 Å². The summed E-state index contributed by atoms with van der Waals surface area (Å²) in [4.78, 5) is 11.6. The monoisotopic (exact) mass is 348 g/mol. The third kappa shape index (κ3) is 2.80. The Bertz CT molecular complexity index is 873. The van der Waals surface area contributed by atoms with Crippen LogP contribution in [0.3, 0.4) is 0 Å². The van der Waals surface area contributed by atoms with Crippen LogP contribution in [0.2, 0.25) is 0 Å². The van der Waals surface area contributed by atoms with Gasteiger partial charge in [0.05, 0.1) is 11.5 Å². The van der Waals surface area contributed by atoms with E-state index in [9.17, 15) is 14.6 Å². The third-order valence-electron chi connectivity index (χ3n) is 3.55. The minimum Gasteiger partial charge on any atom is -0.493 e. The van der Waals surface area contributed by atoms with Crippen molar-refractivity contribution in [2.45, 2.75) is 19.3 Å². The lowest BCUT2D eigenvalue weighted by atomic mass is 9.83. The van der Waals surface area contributed by atoms with E-state index in [1.165, 1.54) is 6.07 Å². The average Bonchev–Trinajstić information content (AvgIpc) is 2.96. The zero-order valence-electron chi connectivity index (χ0n) is 12.9. The van der Waals surface area contributed by atoms with Gasteiger partial charge in [0.1, 0.15) is 5.82 Å². The molecule has 0 amide bonds. The normalized spacial score (nSPS) is 11.7. The molecule has 3 rings (SSSR count). The second-order valence-electron chi connectivity index (χ2n) is 5.66. The highest BCUT2D eigenvalue weighted by Gasteiger charge is 2.33. The fourth-order valence-electron chi connectivity index (χ4n) is 2.40. The fraction of sp³-hybridized carbons (Fsp3) is 0.200. The van der Waals surface area contributed by atoms with Crippen molar-refractivity contribution < 1.29 is 19.1 Å². The van der Waals surface area contributed by atoms with Crippen LogP contribution in [-0.2, 0) is 5.41 Å². The van der Waals surface area contributed by atoms with E-state index in [-0.39, 0.29) is 23.4 Å². The number of hydrogen-bond donors (Lipinski definition) is 2. The van der Waals surface area contributed by atoms with Crippen molar-refractivity contribution in [1.82, 2.24) is 20.1 Å². The molecule has 7 nitrogen and oxygen atoms in total. The van der Waals surface area contributed by atoms with Crippen LogP contribution in [0, 0.1) is 5.82 Å². The Morgan fingerprint density at radius 3 is 2.42 bits per heavy atom. The first-order chi connectivity index (χ1) is 11.3. The molecule has 0 spiro atoms. The van der Waals surface area contributed by atoms with Crippen molar-refractivity contribution in [3.63, 3.8) is 0 Å². The van der Waals surface area contributed by atoms with E-state index in [1.54, 1.807) is 26.0 Å². The second kappa shape index (κ2) is 5.79. The van der Waals surface area contributed by atoms with Gasteiger partial charge in [0.25, 0.3) is 5.89 Å². The third-order valence-corrected chi connectivity index (χ3v) is 4.03. The quantitative estimate of drug-likeness (QED) is 0.697. The van der Waals surface area contributed by atoms with Crippen molar-refractivity contribution in [2.24, 2.45) is 0 Å². The number of halogens is 1. The van der Waals surface area contributed by atoms with E-state index in [0.29, 0.717) is 10.9 Å². The molecule has 124 valence electrons. The lowest BCUT2D eigenvalue weighted by molar-refractivity contribution is 0.396. The van der Waals surface area contributed by atoms with Crippen LogP contribution >= 0.6 is 9.24 Å². The molecule has 24 heavy (non-hydrogen) atoms. The molecule has 3 aromatic rings. The summed E-state index contributed by atoms with van der Waals surface area (Å²) in [5.74, 6) is -1.24. The Morgan fingerprint density at radius 1 is 1.12 bits per heavy atom. The van der Waals surface area contributed by atoms with Crippen molar-refractivity contribution in [2.75, 3.05) is 0 Å². The molecule has 1 aromatic carbocycles. The van der Waals surface area contributed by atoms with Gasteiger partial charge in [0.15, 0.2) is 5.82 Å². The van der Waals surface area contributed by atoms with Gasteiger partial charge in [0.2, 0.25) is 17.6 Å². The predicted octanol–water partition coefficient (Wildman–Crippen LogP) is 1.90. The zero-order chi connectivity index (χ0) is 17.5. The largest absolute Gasteiger partial charge is 0.493 e. The summed E-state index contributed by atoms with van der Waals surface area (Å²) in [5.41, 5.74) is -0.467. The van der Waals surface area contributed by atoms with Crippen molar-refractivity contribution in [1.29, 1.82) is 0 Å². The summed E-state index contributed by atoms with van der Waals surface area (Å²) >= 11 is 0. The zero-order valence-corrected chi connectivity index (χ0v) is 14.0. The summed E-state index contributed by atoms with van der Waals surface area (Å²) in [6.45, 7) is 3.52. The highest BCUT2D eigenvalue weighted by molar-refractivity contribution is 7.27. The molecule has 9 heteroatoms. The molecule has 2 heterocycles. The molecule has 0 saturated heterocycles. The summed E-state index contributed by atoms with van der Waals surface area (Å²) in [6.07, 6.45) is 0. The standard InChI is InChI=1S/C15H14FN4O3P/c1-15(2,11-7(16)4-3-5-8(11)24)14-19-13(23-20-14)12-17-9(21)6-10(22)18-12/h3-6H,24H2,1-2H3,(H2,17,18,21,22). The molecule has 1 unspecified atom stereocenters. The molecule has 0 aliphatic rings. The lowest BCUT2D eigenvalue weighted by Crippen LogP contribution is -2.27. The number of aromatic hydroxyl groups is 2. The molecule has 0 bridgehead atoms. The Hall–Kier alpha value is -2.60. The summed E-state index contributed by atoms with van der Waals surface area (Å²) in [7, 11) is 2.48. The van der Waals surface area contributed by atoms with E-state index < -0.39 is 17.2 Å². The van der Waals surface area contributed by atoms with Crippen LogP contribution in [0.25, 0.3) is 11.7 Å². The average molecular weight is 348 g/mol. The van der Waals surface area contributed by atoms with E-state index in [1.807, 2.05) is 0 Å². The first-order valence-corrected chi connectivity index (χ1v) is 7.53. The van der Waals surface area contributed by atoms with Crippen LogP contribution in [0.5, 0.6) is 11.8 Å². The molecular weight excluding hydrogens is 334 g/mol. The maximum absolute atomic E-state index is 14.3. The Morgan fingerprint density at radius 2 is 1.79 bits per heavy atom.